The molecule has 1 saturated carbocycles. The van der Waals surface area contributed by atoms with Crippen LogP contribution in [0.4, 0.5) is 4.39 Å². The zero-order chi connectivity index (χ0) is 12.8. The van der Waals surface area contributed by atoms with Gasteiger partial charge in [-0.25, -0.2) is 4.39 Å². The molecule has 2 nitrogen and oxygen atoms in total. The number of hydrogen-bond acceptors (Lipinski definition) is 2. The molecule has 0 amide bonds. The minimum absolute atomic E-state index is 0.249. The van der Waals surface area contributed by atoms with Crippen LogP contribution < -0.4 is 5.32 Å². The molecule has 1 aliphatic rings. The molecule has 0 aliphatic heterocycles. The molecule has 1 N–H and O–H groups in total. The number of halogens is 1. The molecule has 0 bridgehead atoms. The standard InChI is InChI=1S/C15H23FN2/c1-2-3-12-4-6-15(7-5-12)18-10-13-8-14(16)11-17-9-13/h8-9,11-12,15,18H,2-7,10H2,1H3. The molecule has 2 rings (SSSR count). The smallest absolute Gasteiger partial charge is 0.141 e. The molecule has 1 fully saturated rings. The Morgan fingerprint density at radius 2 is 2.06 bits per heavy atom. The highest BCUT2D eigenvalue weighted by Gasteiger charge is 2.19. The predicted octanol–water partition coefficient (Wildman–Crippen LogP) is 3.67. The molecule has 1 aromatic rings. The third-order valence-corrected chi connectivity index (χ3v) is 3.90. The number of aromatic nitrogens is 1. The average Bonchev–Trinajstić information content (AvgIpc) is 2.38. The van der Waals surface area contributed by atoms with Crippen molar-refractivity contribution in [1.82, 2.24) is 10.3 Å². The van der Waals surface area contributed by atoms with E-state index in [1.807, 2.05) is 0 Å². The van der Waals surface area contributed by atoms with Crippen LogP contribution in [0, 0.1) is 11.7 Å². The molecule has 0 saturated heterocycles. The predicted molar refractivity (Wildman–Crippen MR) is 71.7 cm³/mol. The number of hydrogen-bond donors (Lipinski definition) is 1. The lowest BCUT2D eigenvalue weighted by Gasteiger charge is -2.29. The molecule has 0 spiro atoms. The van der Waals surface area contributed by atoms with Crippen LogP contribution in [0.15, 0.2) is 18.5 Å². The SMILES string of the molecule is CCCC1CCC(NCc2cncc(F)c2)CC1. The van der Waals surface area contributed by atoms with Gasteiger partial charge in [-0.05, 0) is 43.2 Å². The van der Waals surface area contributed by atoms with Crippen LogP contribution in [0.2, 0.25) is 0 Å². The fourth-order valence-corrected chi connectivity index (χ4v) is 2.88. The van der Waals surface area contributed by atoms with Gasteiger partial charge in [-0.3, -0.25) is 4.98 Å². The van der Waals surface area contributed by atoms with Crippen LogP contribution in [0.3, 0.4) is 0 Å². The van der Waals surface area contributed by atoms with Crippen LogP contribution >= 0.6 is 0 Å². The van der Waals surface area contributed by atoms with Crippen molar-refractivity contribution in [3.05, 3.63) is 29.8 Å². The first kappa shape index (κ1) is 13.5. The number of nitrogens with one attached hydrogen (secondary N) is 1. The maximum atomic E-state index is 13.0. The van der Waals surface area contributed by atoms with Crippen molar-refractivity contribution >= 4 is 0 Å². The molecule has 1 heterocycles. The number of nitrogens with zero attached hydrogens (tertiary/aromatic N) is 1. The first-order valence-corrected chi connectivity index (χ1v) is 7.10. The van der Waals surface area contributed by atoms with Gasteiger partial charge in [0.15, 0.2) is 0 Å². The van der Waals surface area contributed by atoms with Crippen molar-refractivity contribution in [1.29, 1.82) is 0 Å². The molecule has 1 aliphatic carbocycles. The summed E-state index contributed by atoms with van der Waals surface area (Å²) in [6.45, 7) is 3.00. The molecular weight excluding hydrogens is 227 g/mol. The quantitative estimate of drug-likeness (QED) is 0.862. The maximum absolute atomic E-state index is 13.0. The van der Waals surface area contributed by atoms with E-state index in [1.54, 1.807) is 12.3 Å². The highest BCUT2D eigenvalue weighted by atomic mass is 19.1. The van der Waals surface area contributed by atoms with Gasteiger partial charge >= 0.3 is 0 Å². The molecule has 0 aromatic carbocycles. The third kappa shape index (κ3) is 4.05. The highest BCUT2D eigenvalue weighted by Crippen LogP contribution is 2.27. The van der Waals surface area contributed by atoms with Crippen molar-refractivity contribution in [2.24, 2.45) is 5.92 Å². The normalized spacial score (nSPS) is 24.1. The number of rotatable bonds is 5. The van der Waals surface area contributed by atoms with E-state index in [9.17, 15) is 4.39 Å². The van der Waals surface area contributed by atoms with E-state index in [4.69, 9.17) is 0 Å². The molecule has 3 heteroatoms. The fourth-order valence-electron chi connectivity index (χ4n) is 2.88. The van der Waals surface area contributed by atoms with E-state index in [0.29, 0.717) is 6.04 Å². The molecule has 1 aromatic heterocycles. The Kier molecular flexibility index (Phi) is 5.12. The Labute approximate surface area is 109 Å². The largest absolute Gasteiger partial charge is 0.310 e. The second kappa shape index (κ2) is 6.83. The zero-order valence-electron chi connectivity index (χ0n) is 11.2. The third-order valence-electron chi connectivity index (χ3n) is 3.90. The van der Waals surface area contributed by atoms with Crippen molar-refractivity contribution in [3.8, 4) is 0 Å². The van der Waals surface area contributed by atoms with Gasteiger partial charge in [0.2, 0.25) is 0 Å². The summed E-state index contributed by atoms with van der Waals surface area (Å²) in [6.07, 6.45) is 10.9. The first-order chi connectivity index (χ1) is 8.78. The van der Waals surface area contributed by atoms with Crippen molar-refractivity contribution in [2.45, 2.75) is 58.0 Å². The minimum atomic E-state index is -0.249. The van der Waals surface area contributed by atoms with Gasteiger partial charge < -0.3 is 5.32 Å². The molecule has 0 radical (unpaired) electrons. The first-order valence-electron chi connectivity index (χ1n) is 7.10. The van der Waals surface area contributed by atoms with Gasteiger partial charge in [0.05, 0.1) is 6.20 Å². The van der Waals surface area contributed by atoms with Crippen LogP contribution in [0.25, 0.3) is 0 Å². The monoisotopic (exact) mass is 250 g/mol. The Hall–Kier alpha value is -0.960. The van der Waals surface area contributed by atoms with E-state index in [1.165, 1.54) is 44.7 Å². The highest BCUT2D eigenvalue weighted by molar-refractivity contribution is 5.09. The van der Waals surface area contributed by atoms with Crippen LogP contribution in [-0.4, -0.2) is 11.0 Å². The summed E-state index contributed by atoms with van der Waals surface area (Å²) < 4.78 is 13.0. The van der Waals surface area contributed by atoms with E-state index in [2.05, 4.69) is 17.2 Å². The van der Waals surface area contributed by atoms with Crippen LogP contribution in [0.1, 0.15) is 51.0 Å². The topological polar surface area (TPSA) is 24.9 Å². The zero-order valence-corrected chi connectivity index (χ0v) is 11.2. The molecule has 0 atom stereocenters. The summed E-state index contributed by atoms with van der Waals surface area (Å²) in [5.74, 6) is 0.685. The van der Waals surface area contributed by atoms with Gasteiger partial charge in [-0.15, -0.1) is 0 Å². The van der Waals surface area contributed by atoms with Gasteiger partial charge in [0.1, 0.15) is 5.82 Å². The summed E-state index contributed by atoms with van der Waals surface area (Å²) >= 11 is 0. The summed E-state index contributed by atoms with van der Waals surface area (Å²) in [5.41, 5.74) is 0.936. The number of pyridine rings is 1. The Morgan fingerprint density at radius 1 is 1.28 bits per heavy atom. The average molecular weight is 250 g/mol. The van der Waals surface area contributed by atoms with Gasteiger partial charge in [0, 0.05) is 18.8 Å². The molecular formula is C15H23FN2. The molecule has 100 valence electrons. The summed E-state index contributed by atoms with van der Waals surface area (Å²) in [5, 5.41) is 3.52. The van der Waals surface area contributed by atoms with Crippen molar-refractivity contribution in [2.75, 3.05) is 0 Å². The summed E-state index contributed by atoms with van der Waals surface area (Å²) in [4.78, 5) is 3.87. The Morgan fingerprint density at radius 3 is 2.72 bits per heavy atom. The van der Waals surface area contributed by atoms with Gasteiger partial charge in [-0.1, -0.05) is 19.8 Å². The summed E-state index contributed by atoms with van der Waals surface area (Å²) in [6, 6.07) is 2.16. The van der Waals surface area contributed by atoms with E-state index >= 15 is 0 Å². The second-order valence-corrected chi connectivity index (χ2v) is 5.40. The minimum Gasteiger partial charge on any atom is -0.310 e. The lowest BCUT2D eigenvalue weighted by atomic mass is 9.83. The van der Waals surface area contributed by atoms with E-state index < -0.39 is 0 Å². The van der Waals surface area contributed by atoms with Crippen molar-refractivity contribution < 1.29 is 4.39 Å². The van der Waals surface area contributed by atoms with Crippen LogP contribution in [0.5, 0.6) is 0 Å². The molecule has 18 heavy (non-hydrogen) atoms. The Bertz CT molecular complexity index is 359. The van der Waals surface area contributed by atoms with Crippen LogP contribution in [-0.2, 0) is 6.54 Å². The lowest BCUT2D eigenvalue weighted by molar-refractivity contribution is 0.277. The second-order valence-electron chi connectivity index (χ2n) is 5.40. The van der Waals surface area contributed by atoms with Crippen molar-refractivity contribution in [3.63, 3.8) is 0 Å². The summed E-state index contributed by atoms with van der Waals surface area (Å²) in [7, 11) is 0. The fraction of sp³-hybridized carbons (Fsp3) is 0.667. The lowest BCUT2D eigenvalue weighted by Crippen LogP contribution is -2.32. The van der Waals surface area contributed by atoms with Gasteiger partial charge in [0.25, 0.3) is 0 Å². The van der Waals surface area contributed by atoms with E-state index in [-0.39, 0.29) is 5.82 Å². The van der Waals surface area contributed by atoms with Gasteiger partial charge in [-0.2, -0.15) is 0 Å². The molecule has 0 unspecified atom stereocenters. The Balaban J connectivity index is 1.72. The maximum Gasteiger partial charge on any atom is 0.141 e. The van der Waals surface area contributed by atoms with E-state index in [0.717, 1.165) is 18.0 Å².